The number of nitrogens with one attached hydrogen (secondary N) is 1. The Labute approximate surface area is 218 Å². The minimum atomic E-state index is -0.559. The van der Waals surface area contributed by atoms with Gasteiger partial charge in [0.2, 0.25) is 0 Å². The Morgan fingerprint density at radius 1 is 1.11 bits per heavy atom. The van der Waals surface area contributed by atoms with Crippen LogP contribution >= 0.6 is 11.6 Å². The highest BCUT2D eigenvalue weighted by molar-refractivity contribution is 6.30. The van der Waals surface area contributed by atoms with E-state index in [2.05, 4.69) is 37.0 Å². The van der Waals surface area contributed by atoms with Crippen LogP contribution in [0.1, 0.15) is 70.2 Å². The van der Waals surface area contributed by atoms with Crippen molar-refractivity contribution in [1.29, 1.82) is 0 Å². The number of hydrogen-bond acceptors (Lipinski definition) is 4. The molecule has 2 aromatic carbocycles. The zero-order chi connectivity index (χ0) is 25.8. The molecule has 1 aromatic heterocycles. The van der Waals surface area contributed by atoms with Gasteiger partial charge in [0, 0.05) is 22.7 Å². The van der Waals surface area contributed by atoms with Crippen molar-refractivity contribution in [2.24, 2.45) is 5.92 Å². The topological polar surface area (TPSA) is 67.5 Å². The van der Waals surface area contributed by atoms with Gasteiger partial charge in [-0.3, -0.25) is 4.90 Å². The normalized spacial score (nSPS) is 14.8. The number of rotatable bonds is 4. The molecule has 0 unspecified atom stereocenters. The summed E-state index contributed by atoms with van der Waals surface area (Å²) in [5.41, 5.74) is 7.26. The lowest BCUT2D eigenvalue weighted by Crippen LogP contribution is -2.40. The third kappa shape index (κ3) is 4.71. The molecule has 1 atom stereocenters. The van der Waals surface area contributed by atoms with Crippen molar-refractivity contribution in [2.45, 2.75) is 72.6 Å². The first-order valence-electron chi connectivity index (χ1n) is 12.7. The number of aromatic amines is 1. The zero-order valence-corrected chi connectivity index (χ0v) is 22.6. The summed E-state index contributed by atoms with van der Waals surface area (Å²) in [6.45, 7) is 13.0. The molecule has 1 N–H and O–H groups in total. The summed E-state index contributed by atoms with van der Waals surface area (Å²) >= 11 is 6.20. The van der Waals surface area contributed by atoms with E-state index in [1.54, 1.807) is 4.90 Å². The van der Waals surface area contributed by atoms with Gasteiger partial charge in [0.05, 0.1) is 17.4 Å². The lowest BCUT2D eigenvalue weighted by molar-refractivity contribution is 0.0140. The largest absolute Gasteiger partial charge is 0.488 e. The summed E-state index contributed by atoms with van der Waals surface area (Å²) in [6.07, 6.45) is 1.42. The van der Waals surface area contributed by atoms with E-state index >= 15 is 0 Å². The minimum Gasteiger partial charge on any atom is -0.488 e. The van der Waals surface area contributed by atoms with Crippen molar-refractivity contribution < 1.29 is 14.3 Å². The van der Waals surface area contributed by atoms with Gasteiger partial charge < -0.3 is 14.5 Å². The predicted octanol–water partition coefficient (Wildman–Crippen LogP) is 7.34. The van der Waals surface area contributed by atoms with E-state index < -0.39 is 5.60 Å². The number of hydrogen-bond donors (Lipinski definition) is 1. The van der Waals surface area contributed by atoms with Crippen LogP contribution in [0.15, 0.2) is 30.3 Å². The van der Waals surface area contributed by atoms with Crippen molar-refractivity contribution in [3.05, 3.63) is 58.0 Å². The van der Waals surface area contributed by atoms with E-state index in [4.69, 9.17) is 26.1 Å². The number of halogens is 1. The Balaban J connectivity index is 1.49. The molecule has 36 heavy (non-hydrogen) atoms. The summed E-state index contributed by atoms with van der Waals surface area (Å²) in [4.78, 5) is 23.4. The van der Waals surface area contributed by atoms with E-state index in [1.165, 1.54) is 11.1 Å². The molecule has 190 valence electrons. The Morgan fingerprint density at radius 2 is 1.89 bits per heavy atom. The van der Waals surface area contributed by atoms with Gasteiger partial charge in [0.25, 0.3) is 0 Å². The molecule has 0 spiro atoms. The van der Waals surface area contributed by atoms with Gasteiger partial charge in [-0.05, 0) is 87.4 Å². The van der Waals surface area contributed by atoms with Gasteiger partial charge in [-0.25, -0.2) is 9.78 Å². The SMILES string of the molecule is CC(C)CN(C(=O)OC(C)(C)C)[C@@H](C)c1nc2c([nH]1)-c1cc3c(cc1CC2)-c1ccc(Cl)cc1CO3. The summed E-state index contributed by atoms with van der Waals surface area (Å²) in [5, 5.41) is 0.723. The third-order valence-corrected chi connectivity index (χ3v) is 6.93. The number of amides is 1. The molecule has 7 heteroatoms. The molecule has 0 bridgehead atoms. The average Bonchev–Trinajstić information content (AvgIpc) is 3.24. The summed E-state index contributed by atoms with van der Waals surface area (Å²) in [5.74, 6) is 1.94. The maximum absolute atomic E-state index is 13.1. The lowest BCUT2D eigenvalue weighted by Gasteiger charge is -2.32. The van der Waals surface area contributed by atoms with Crippen molar-refractivity contribution in [1.82, 2.24) is 14.9 Å². The summed E-state index contributed by atoms with van der Waals surface area (Å²) < 4.78 is 11.9. The molecule has 1 aliphatic heterocycles. The zero-order valence-electron chi connectivity index (χ0n) is 21.9. The van der Waals surface area contributed by atoms with Crippen molar-refractivity contribution in [3.63, 3.8) is 0 Å². The number of benzene rings is 2. The summed E-state index contributed by atoms with van der Waals surface area (Å²) in [6, 6.07) is 10.1. The van der Waals surface area contributed by atoms with Crippen LogP contribution in [-0.4, -0.2) is 33.1 Å². The fourth-order valence-corrected chi connectivity index (χ4v) is 5.23. The number of H-pyrrole nitrogens is 1. The molecule has 2 aliphatic rings. The molecule has 2 heterocycles. The molecular formula is C29H34ClN3O3. The molecule has 1 aliphatic carbocycles. The first kappa shape index (κ1) is 24.7. The predicted molar refractivity (Wildman–Crippen MR) is 142 cm³/mol. The standard InChI is InChI=1S/C29H34ClN3O3/c1-16(2)14-33(28(34)36-29(4,5)6)17(3)27-31-24-10-7-18-12-23-21-9-8-20(30)11-19(21)15-35-25(23)13-22(18)26(24)32-27/h8-9,11-13,16-17H,7,10,14-15H2,1-6H3,(H,31,32)/t17-/m0/s1. The second-order valence-corrected chi connectivity index (χ2v) is 11.7. The molecule has 3 aromatic rings. The molecule has 0 radical (unpaired) electrons. The highest BCUT2D eigenvalue weighted by Crippen LogP contribution is 2.44. The number of carbonyl (C=O) groups is 1. The Kier molecular flexibility index (Phi) is 6.27. The van der Waals surface area contributed by atoms with Crippen LogP contribution in [-0.2, 0) is 24.2 Å². The number of nitrogens with zero attached hydrogens (tertiary/aromatic N) is 2. The van der Waals surface area contributed by atoms with Crippen LogP contribution < -0.4 is 4.74 Å². The van der Waals surface area contributed by atoms with Crippen molar-refractivity contribution in [2.75, 3.05) is 6.54 Å². The first-order valence-corrected chi connectivity index (χ1v) is 13.0. The second kappa shape index (κ2) is 9.15. The molecule has 5 rings (SSSR count). The van der Waals surface area contributed by atoms with E-state index in [1.807, 2.05) is 39.8 Å². The lowest BCUT2D eigenvalue weighted by atomic mass is 9.87. The maximum atomic E-state index is 13.1. The van der Waals surface area contributed by atoms with E-state index in [0.29, 0.717) is 19.1 Å². The summed E-state index contributed by atoms with van der Waals surface area (Å²) in [7, 11) is 0. The fraction of sp³-hybridized carbons (Fsp3) is 0.448. The Morgan fingerprint density at radius 3 is 2.61 bits per heavy atom. The molecule has 0 fully saturated rings. The number of aryl methyl sites for hydroxylation is 2. The number of carbonyl (C=O) groups excluding carboxylic acids is 1. The third-order valence-electron chi connectivity index (χ3n) is 6.70. The maximum Gasteiger partial charge on any atom is 0.410 e. The highest BCUT2D eigenvalue weighted by atomic mass is 35.5. The fourth-order valence-electron chi connectivity index (χ4n) is 5.03. The highest BCUT2D eigenvalue weighted by Gasteiger charge is 2.31. The number of ether oxygens (including phenoxy) is 2. The Bertz CT molecular complexity index is 1320. The van der Waals surface area contributed by atoms with Crippen LogP contribution in [0.3, 0.4) is 0 Å². The first-order chi connectivity index (χ1) is 17.0. The smallest absolute Gasteiger partial charge is 0.410 e. The molecule has 0 saturated heterocycles. The van der Waals surface area contributed by atoms with Gasteiger partial charge in [0.15, 0.2) is 0 Å². The number of fused-ring (bicyclic) bond motifs is 6. The van der Waals surface area contributed by atoms with Gasteiger partial charge in [-0.2, -0.15) is 0 Å². The van der Waals surface area contributed by atoms with Crippen LogP contribution in [0.5, 0.6) is 5.75 Å². The average molecular weight is 508 g/mol. The van der Waals surface area contributed by atoms with Gasteiger partial charge in [-0.15, -0.1) is 0 Å². The number of aromatic nitrogens is 2. The molecule has 1 amide bonds. The number of imidazole rings is 1. The molecule has 0 saturated carbocycles. The van der Waals surface area contributed by atoms with Gasteiger partial charge in [-0.1, -0.05) is 31.5 Å². The van der Waals surface area contributed by atoms with Crippen molar-refractivity contribution >= 4 is 17.7 Å². The van der Waals surface area contributed by atoms with E-state index in [-0.39, 0.29) is 12.1 Å². The van der Waals surface area contributed by atoms with Crippen LogP contribution in [0.25, 0.3) is 22.4 Å². The molecular weight excluding hydrogens is 474 g/mol. The van der Waals surface area contributed by atoms with E-state index in [9.17, 15) is 4.79 Å². The quantitative estimate of drug-likeness (QED) is 0.401. The van der Waals surface area contributed by atoms with Gasteiger partial charge in [0.1, 0.15) is 23.8 Å². The Hall–Kier alpha value is -2.99. The minimum absolute atomic E-state index is 0.248. The monoisotopic (exact) mass is 507 g/mol. The van der Waals surface area contributed by atoms with Crippen LogP contribution in [0.4, 0.5) is 4.79 Å². The van der Waals surface area contributed by atoms with Crippen molar-refractivity contribution in [3.8, 4) is 28.1 Å². The second-order valence-electron chi connectivity index (χ2n) is 11.2. The van der Waals surface area contributed by atoms with E-state index in [0.717, 1.165) is 57.5 Å². The van der Waals surface area contributed by atoms with Gasteiger partial charge >= 0.3 is 6.09 Å². The molecule has 6 nitrogen and oxygen atoms in total. The van der Waals surface area contributed by atoms with Crippen LogP contribution in [0.2, 0.25) is 5.02 Å². The van der Waals surface area contributed by atoms with Crippen LogP contribution in [0, 0.1) is 5.92 Å².